The van der Waals surface area contributed by atoms with Gasteiger partial charge in [-0.15, -0.1) is 0 Å². The van der Waals surface area contributed by atoms with Crippen molar-refractivity contribution in [2.45, 2.75) is 19.5 Å². The van der Waals surface area contributed by atoms with Crippen molar-refractivity contribution in [3.63, 3.8) is 0 Å². The lowest BCUT2D eigenvalue weighted by Crippen LogP contribution is -2.14. The van der Waals surface area contributed by atoms with Gasteiger partial charge in [0, 0.05) is 37.5 Å². The van der Waals surface area contributed by atoms with E-state index in [9.17, 15) is 0 Å². The molecule has 0 fully saturated rings. The molecule has 1 aliphatic heterocycles. The zero-order valence-corrected chi connectivity index (χ0v) is 13.9. The van der Waals surface area contributed by atoms with Crippen LogP contribution in [0.5, 0.6) is 11.5 Å². The average Bonchev–Trinajstić information content (AvgIpc) is 2.81. The fourth-order valence-corrected chi connectivity index (χ4v) is 2.99. The molecule has 124 valence electrons. The molecule has 3 aromatic rings. The molecular weight excluding hydrogens is 326 g/mol. The van der Waals surface area contributed by atoms with Gasteiger partial charge < -0.3 is 19.2 Å². The summed E-state index contributed by atoms with van der Waals surface area (Å²) >= 11 is 6.00. The number of benzene rings is 1. The summed E-state index contributed by atoms with van der Waals surface area (Å²) in [6.07, 6.45) is 4.75. The molecule has 0 unspecified atom stereocenters. The van der Waals surface area contributed by atoms with Crippen LogP contribution >= 0.6 is 11.6 Å². The van der Waals surface area contributed by atoms with Crippen LogP contribution in [-0.2, 0) is 13.1 Å². The maximum absolute atomic E-state index is 6.00. The minimum absolute atomic E-state index is 0.670. The van der Waals surface area contributed by atoms with E-state index in [1.807, 2.05) is 41.1 Å². The maximum Gasteiger partial charge on any atom is 0.165 e. The number of hydrogen-bond donors (Lipinski definition) is 1. The molecule has 6 heteroatoms. The summed E-state index contributed by atoms with van der Waals surface area (Å²) in [7, 11) is 0. The van der Waals surface area contributed by atoms with Crippen LogP contribution in [0, 0.1) is 0 Å². The number of fused-ring (bicyclic) bond motifs is 2. The lowest BCUT2D eigenvalue weighted by atomic mass is 10.2. The molecule has 3 heterocycles. The van der Waals surface area contributed by atoms with Crippen molar-refractivity contribution in [2.75, 3.05) is 13.2 Å². The Morgan fingerprint density at radius 3 is 2.96 bits per heavy atom. The number of pyridine rings is 1. The molecule has 0 atom stereocenters. The fourth-order valence-electron chi connectivity index (χ4n) is 2.82. The summed E-state index contributed by atoms with van der Waals surface area (Å²) < 4.78 is 13.5. The highest BCUT2D eigenvalue weighted by molar-refractivity contribution is 6.30. The SMILES string of the molecule is Clc1ccc2nc(CNCc3cccc4c3OCCCO4)cn2c1. The number of nitrogens with zero attached hydrogens (tertiary/aromatic N) is 2. The fraction of sp³-hybridized carbons (Fsp3) is 0.278. The van der Waals surface area contributed by atoms with E-state index >= 15 is 0 Å². The van der Waals surface area contributed by atoms with Crippen LogP contribution < -0.4 is 14.8 Å². The largest absolute Gasteiger partial charge is 0.490 e. The van der Waals surface area contributed by atoms with E-state index in [1.165, 1.54) is 0 Å². The van der Waals surface area contributed by atoms with Crippen LogP contribution in [0.2, 0.25) is 5.02 Å². The van der Waals surface area contributed by atoms with Crippen molar-refractivity contribution in [3.05, 3.63) is 59.0 Å². The monoisotopic (exact) mass is 343 g/mol. The molecule has 0 radical (unpaired) electrons. The van der Waals surface area contributed by atoms with Gasteiger partial charge in [0.1, 0.15) is 5.65 Å². The van der Waals surface area contributed by atoms with Gasteiger partial charge in [-0.1, -0.05) is 23.7 Å². The number of imidazole rings is 1. The Morgan fingerprint density at radius 1 is 1.08 bits per heavy atom. The van der Waals surface area contributed by atoms with Gasteiger partial charge in [-0.2, -0.15) is 0 Å². The van der Waals surface area contributed by atoms with Crippen LogP contribution in [0.25, 0.3) is 5.65 Å². The first-order valence-electron chi connectivity index (χ1n) is 8.01. The molecule has 0 aliphatic carbocycles. The van der Waals surface area contributed by atoms with E-state index in [4.69, 9.17) is 21.1 Å². The van der Waals surface area contributed by atoms with Crippen molar-refractivity contribution in [2.24, 2.45) is 0 Å². The van der Waals surface area contributed by atoms with Crippen molar-refractivity contribution in [3.8, 4) is 11.5 Å². The Kier molecular flexibility index (Phi) is 4.28. The summed E-state index contributed by atoms with van der Waals surface area (Å²) in [4.78, 5) is 4.57. The molecule has 0 bridgehead atoms. The first kappa shape index (κ1) is 15.3. The van der Waals surface area contributed by atoms with Crippen LogP contribution in [0.3, 0.4) is 0 Å². The normalized spacial score (nSPS) is 13.9. The van der Waals surface area contributed by atoms with Gasteiger partial charge in [-0.05, 0) is 18.2 Å². The molecule has 2 aromatic heterocycles. The summed E-state index contributed by atoms with van der Waals surface area (Å²) in [5, 5.41) is 4.12. The van der Waals surface area contributed by atoms with Crippen LogP contribution in [0.4, 0.5) is 0 Å². The number of halogens is 1. The molecule has 1 aliphatic rings. The average molecular weight is 344 g/mol. The minimum atomic E-state index is 0.670. The first-order chi connectivity index (χ1) is 11.8. The zero-order valence-electron chi connectivity index (χ0n) is 13.2. The summed E-state index contributed by atoms with van der Waals surface area (Å²) in [5.41, 5.74) is 2.96. The highest BCUT2D eigenvalue weighted by Gasteiger charge is 2.14. The Balaban J connectivity index is 1.45. The van der Waals surface area contributed by atoms with E-state index in [1.54, 1.807) is 0 Å². The second-order valence-corrected chi connectivity index (χ2v) is 6.18. The lowest BCUT2D eigenvalue weighted by Gasteiger charge is -2.12. The number of rotatable bonds is 4. The molecule has 1 aromatic carbocycles. The van der Waals surface area contributed by atoms with E-state index in [2.05, 4.69) is 16.4 Å². The molecule has 0 saturated heterocycles. The predicted molar refractivity (Wildman–Crippen MR) is 92.8 cm³/mol. The lowest BCUT2D eigenvalue weighted by molar-refractivity contribution is 0.296. The standard InChI is InChI=1S/C18H18ClN3O2/c19-14-5-6-17-21-15(12-22(17)11-14)10-20-9-13-3-1-4-16-18(13)24-8-2-7-23-16/h1,3-6,11-12,20H,2,7-10H2. The van der Waals surface area contributed by atoms with Crippen molar-refractivity contribution >= 4 is 17.2 Å². The van der Waals surface area contributed by atoms with Gasteiger partial charge in [0.2, 0.25) is 0 Å². The van der Waals surface area contributed by atoms with Crippen molar-refractivity contribution < 1.29 is 9.47 Å². The Bertz CT molecular complexity index is 863. The first-order valence-corrected chi connectivity index (χ1v) is 8.39. The van der Waals surface area contributed by atoms with Gasteiger partial charge in [-0.3, -0.25) is 0 Å². The summed E-state index contributed by atoms with van der Waals surface area (Å²) in [5.74, 6) is 1.68. The number of para-hydroxylation sites is 1. The molecule has 4 rings (SSSR count). The number of ether oxygens (including phenoxy) is 2. The molecule has 0 amide bonds. The Morgan fingerprint density at radius 2 is 2.00 bits per heavy atom. The summed E-state index contributed by atoms with van der Waals surface area (Å²) in [6.45, 7) is 2.76. The highest BCUT2D eigenvalue weighted by atomic mass is 35.5. The third-order valence-electron chi connectivity index (χ3n) is 3.94. The molecular formula is C18H18ClN3O2. The minimum Gasteiger partial charge on any atom is -0.490 e. The number of nitrogens with one attached hydrogen (secondary N) is 1. The van der Waals surface area contributed by atoms with Gasteiger partial charge in [0.15, 0.2) is 11.5 Å². The zero-order chi connectivity index (χ0) is 16.4. The third kappa shape index (κ3) is 3.18. The number of aromatic nitrogens is 2. The van der Waals surface area contributed by atoms with Gasteiger partial charge in [-0.25, -0.2) is 4.98 Å². The highest BCUT2D eigenvalue weighted by Crippen LogP contribution is 2.33. The molecule has 1 N–H and O–H groups in total. The quantitative estimate of drug-likeness (QED) is 0.788. The van der Waals surface area contributed by atoms with E-state index < -0.39 is 0 Å². The summed E-state index contributed by atoms with van der Waals surface area (Å²) in [6, 6.07) is 9.77. The molecule has 24 heavy (non-hydrogen) atoms. The van der Waals surface area contributed by atoms with E-state index in [0.717, 1.165) is 34.8 Å². The van der Waals surface area contributed by atoms with Crippen molar-refractivity contribution in [1.29, 1.82) is 0 Å². The molecule has 0 spiro atoms. The molecule has 0 saturated carbocycles. The smallest absolute Gasteiger partial charge is 0.165 e. The van der Waals surface area contributed by atoms with Crippen molar-refractivity contribution in [1.82, 2.24) is 14.7 Å². The predicted octanol–water partition coefficient (Wildman–Crippen LogP) is 3.44. The van der Waals surface area contributed by atoms with E-state index in [-0.39, 0.29) is 0 Å². The third-order valence-corrected chi connectivity index (χ3v) is 4.16. The van der Waals surface area contributed by atoms with Crippen LogP contribution in [0.1, 0.15) is 17.7 Å². The Hall–Kier alpha value is -2.24. The Labute approximate surface area is 145 Å². The number of hydrogen-bond acceptors (Lipinski definition) is 4. The van der Waals surface area contributed by atoms with E-state index in [0.29, 0.717) is 31.3 Å². The topological polar surface area (TPSA) is 47.8 Å². The molecule has 5 nitrogen and oxygen atoms in total. The van der Waals surface area contributed by atoms with Gasteiger partial charge >= 0.3 is 0 Å². The van der Waals surface area contributed by atoms with Crippen LogP contribution in [-0.4, -0.2) is 22.6 Å². The maximum atomic E-state index is 6.00. The second-order valence-electron chi connectivity index (χ2n) is 5.74. The van der Waals surface area contributed by atoms with Gasteiger partial charge in [0.25, 0.3) is 0 Å². The second kappa shape index (κ2) is 6.71. The van der Waals surface area contributed by atoms with Gasteiger partial charge in [0.05, 0.1) is 23.9 Å². The van der Waals surface area contributed by atoms with Crippen LogP contribution in [0.15, 0.2) is 42.7 Å².